The summed E-state index contributed by atoms with van der Waals surface area (Å²) >= 11 is 1.61. The first-order valence-electron chi connectivity index (χ1n) is 6.80. The lowest BCUT2D eigenvalue weighted by Crippen LogP contribution is -2.32. The molecule has 1 aromatic heterocycles. The molecule has 21 heavy (non-hydrogen) atoms. The highest BCUT2D eigenvalue weighted by atomic mass is 32.1. The molecule has 0 bridgehead atoms. The predicted octanol–water partition coefficient (Wildman–Crippen LogP) is 3.25. The number of benzene rings is 1. The van der Waals surface area contributed by atoms with E-state index in [9.17, 15) is 9.59 Å². The summed E-state index contributed by atoms with van der Waals surface area (Å²) in [5.74, 6) is -1.10. The first kappa shape index (κ1) is 13.8. The summed E-state index contributed by atoms with van der Waals surface area (Å²) in [5, 5.41) is 13.1. The highest BCUT2D eigenvalue weighted by Crippen LogP contribution is 2.30. The maximum absolute atomic E-state index is 12.7. The van der Waals surface area contributed by atoms with Crippen LogP contribution >= 0.6 is 11.3 Å². The van der Waals surface area contributed by atoms with E-state index in [2.05, 4.69) is 0 Å². The maximum Gasteiger partial charge on any atom is 0.335 e. The van der Waals surface area contributed by atoms with Crippen molar-refractivity contribution in [3.05, 3.63) is 57.8 Å². The van der Waals surface area contributed by atoms with E-state index in [0.717, 1.165) is 18.4 Å². The Kier molecular flexibility index (Phi) is 3.75. The third-order valence-corrected chi connectivity index (χ3v) is 4.27. The minimum absolute atomic E-state index is 0.0909. The number of thiophene rings is 1. The Hall–Kier alpha value is -2.14. The Morgan fingerprint density at radius 3 is 2.62 bits per heavy atom. The van der Waals surface area contributed by atoms with E-state index in [0.29, 0.717) is 12.1 Å². The largest absolute Gasteiger partial charge is 0.478 e. The average Bonchev–Trinajstić information content (AvgIpc) is 3.20. The number of nitrogens with zero attached hydrogens (tertiary/aromatic N) is 1. The van der Waals surface area contributed by atoms with E-state index in [4.69, 9.17) is 5.11 Å². The summed E-state index contributed by atoms with van der Waals surface area (Å²) in [6.07, 6.45) is 2.04. The van der Waals surface area contributed by atoms with Crippen LogP contribution in [0.2, 0.25) is 0 Å². The second-order valence-electron chi connectivity index (χ2n) is 5.18. The third-order valence-electron chi connectivity index (χ3n) is 3.54. The van der Waals surface area contributed by atoms with Crippen LogP contribution in [0.4, 0.5) is 0 Å². The zero-order valence-electron chi connectivity index (χ0n) is 11.4. The third kappa shape index (κ3) is 3.13. The molecule has 1 amide bonds. The van der Waals surface area contributed by atoms with Gasteiger partial charge in [-0.05, 0) is 53.4 Å². The van der Waals surface area contributed by atoms with Crippen molar-refractivity contribution in [1.29, 1.82) is 0 Å². The Bertz CT molecular complexity index is 662. The molecule has 1 fully saturated rings. The Labute approximate surface area is 126 Å². The number of carboxylic acids is 1. The average molecular weight is 301 g/mol. The van der Waals surface area contributed by atoms with Gasteiger partial charge in [0, 0.05) is 18.2 Å². The number of carboxylic acid groups (broad SMARTS) is 1. The molecule has 1 aromatic carbocycles. The summed E-state index contributed by atoms with van der Waals surface area (Å²) in [7, 11) is 0. The van der Waals surface area contributed by atoms with Gasteiger partial charge in [0.15, 0.2) is 0 Å². The van der Waals surface area contributed by atoms with E-state index < -0.39 is 5.97 Å². The first-order valence-corrected chi connectivity index (χ1v) is 7.75. The molecule has 4 nitrogen and oxygen atoms in total. The van der Waals surface area contributed by atoms with Gasteiger partial charge < -0.3 is 10.0 Å². The van der Waals surface area contributed by atoms with Gasteiger partial charge in [-0.25, -0.2) is 4.79 Å². The molecular weight excluding hydrogens is 286 g/mol. The standard InChI is InChI=1S/C16H15NO3S/c18-15(12-2-1-3-13(8-12)16(19)20)17(14-4-5-14)9-11-6-7-21-10-11/h1-3,6-8,10,14H,4-5,9H2,(H,19,20). The smallest absolute Gasteiger partial charge is 0.335 e. The molecule has 0 spiro atoms. The molecule has 0 radical (unpaired) electrons. The lowest BCUT2D eigenvalue weighted by atomic mass is 10.1. The van der Waals surface area contributed by atoms with Gasteiger partial charge in [0.2, 0.25) is 0 Å². The lowest BCUT2D eigenvalue weighted by Gasteiger charge is -2.22. The number of carbonyl (C=O) groups excluding carboxylic acids is 1. The second kappa shape index (κ2) is 5.69. The maximum atomic E-state index is 12.7. The van der Waals surface area contributed by atoms with Crippen LogP contribution in [0.3, 0.4) is 0 Å². The topological polar surface area (TPSA) is 57.6 Å². The van der Waals surface area contributed by atoms with Crippen LogP contribution in [0, 0.1) is 0 Å². The Morgan fingerprint density at radius 1 is 1.24 bits per heavy atom. The van der Waals surface area contributed by atoms with Crippen molar-refractivity contribution in [1.82, 2.24) is 4.90 Å². The van der Waals surface area contributed by atoms with Crippen LogP contribution in [-0.2, 0) is 6.54 Å². The molecule has 1 aliphatic rings. The molecule has 5 heteroatoms. The van der Waals surface area contributed by atoms with Crippen molar-refractivity contribution >= 4 is 23.2 Å². The summed E-state index contributed by atoms with van der Waals surface area (Å²) in [6, 6.07) is 8.55. The van der Waals surface area contributed by atoms with Gasteiger partial charge >= 0.3 is 5.97 Å². The zero-order valence-corrected chi connectivity index (χ0v) is 12.2. The number of hydrogen-bond donors (Lipinski definition) is 1. The molecule has 0 aliphatic heterocycles. The van der Waals surface area contributed by atoms with E-state index in [1.165, 1.54) is 12.1 Å². The minimum atomic E-state index is -1.01. The summed E-state index contributed by atoms with van der Waals surface area (Å²) in [4.78, 5) is 25.5. The van der Waals surface area contributed by atoms with Crippen LogP contribution in [0.25, 0.3) is 0 Å². The lowest BCUT2D eigenvalue weighted by molar-refractivity contribution is 0.0697. The van der Waals surface area contributed by atoms with E-state index in [1.807, 2.05) is 21.7 Å². The summed E-state index contributed by atoms with van der Waals surface area (Å²) < 4.78 is 0. The Balaban J connectivity index is 1.84. The van der Waals surface area contributed by atoms with Gasteiger partial charge in [-0.15, -0.1) is 0 Å². The number of rotatable bonds is 5. The monoisotopic (exact) mass is 301 g/mol. The molecule has 3 rings (SSSR count). The van der Waals surface area contributed by atoms with Crippen molar-refractivity contribution in [2.75, 3.05) is 0 Å². The van der Waals surface area contributed by atoms with Crippen molar-refractivity contribution in [2.45, 2.75) is 25.4 Å². The Morgan fingerprint density at radius 2 is 2.00 bits per heavy atom. The molecule has 108 valence electrons. The molecule has 1 N–H and O–H groups in total. The van der Waals surface area contributed by atoms with E-state index >= 15 is 0 Å². The molecule has 1 saturated carbocycles. The minimum Gasteiger partial charge on any atom is -0.478 e. The molecule has 2 aromatic rings. The van der Waals surface area contributed by atoms with E-state index in [1.54, 1.807) is 23.5 Å². The van der Waals surface area contributed by atoms with E-state index in [-0.39, 0.29) is 17.5 Å². The molecule has 0 unspecified atom stereocenters. The van der Waals surface area contributed by atoms with Crippen molar-refractivity contribution in [2.24, 2.45) is 0 Å². The zero-order chi connectivity index (χ0) is 14.8. The number of carbonyl (C=O) groups is 2. The van der Waals surface area contributed by atoms with Gasteiger partial charge in [0.25, 0.3) is 5.91 Å². The van der Waals surface area contributed by atoms with Gasteiger partial charge in [0.1, 0.15) is 0 Å². The van der Waals surface area contributed by atoms with Crippen LogP contribution in [0.5, 0.6) is 0 Å². The summed E-state index contributed by atoms with van der Waals surface area (Å²) in [5.41, 5.74) is 1.71. The van der Waals surface area contributed by atoms with Gasteiger partial charge in [0.05, 0.1) is 5.56 Å². The molecule has 1 aliphatic carbocycles. The molecule has 1 heterocycles. The molecular formula is C16H15NO3S. The van der Waals surface area contributed by atoms with Crippen LogP contribution in [0.1, 0.15) is 39.1 Å². The number of hydrogen-bond acceptors (Lipinski definition) is 3. The van der Waals surface area contributed by atoms with Crippen molar-refractivity contribution in [3.63, 3.8) is 0 Å². The van der Waals surface area contributed by atoms with Gasteiger partial charge in [-0.1, -0.05) is 6.07 Å². The summed E-state index contributed by atoms with van der Waals surface area (Å²) in [6.45, 7) is 0.588. The van der Waals surface area contributed by atoms with Crippen LogP contribution in [-0.4, -0.2) is 27.9 Å². The predicted molar refractivity (Wildman–Crippen MR) is 80.6 cm³/mol. The van der Waals surface area contributed by atoms with Crippen LogP contribution < -0.4 is 0 Å². The van der Waals surface area contributed by atoms with Gasteiger partial charge in [-0.2, -0.15) is 11.3 Å². The fourth-order valence-corrected chi connectivity index (χ4v) is 2.94. The normalized spacial score (nSPS) is 13.9. The second-order valence-corrected chi connectivity index (χ2v) is 5.96. The van der Waals surface area contributed by atoms with Crippen LogP contribution in [0.15, 0.2) is 41.1 Å². The quantitative estimate of drug-likeness (QED) is 0.922. The molecule has 0 atom stereocenters. The highest BCUT2D eigenvalue weighted by Gasteiger charge is 2.33. The van der Waals surface area contributed by atoms with Gasteiger partial charge in [-0.3, -0.25) is 4.79 Å². The van der Waals surface area contributed by atoms with Crippen molar-refractivity contribution < 1.29 is 14.7 Å². The fraction of sp³-hybridized carbons (Fsp3) is 0.250. The number of aromatic carboxylic acids is 1. The van der Waals surface area contributed by atoms with Crippen molar-refractivity contribution in [3.8, 4) is 0 Å². The SMILES string of the molecule is O=C(O)c1cccc(C(=O)N(Cc2ccsc2)C2CC2)c1. The number of amides is 1. The first-order chi connectivity index (χ1) is 10.1. The highest BCUT2D eigenvalue weighted by molar-refractivity contribution is 7.07. The molecule has 0 saturated heterocycles. The fourth-order valence-electron chi connectivity index (χ4n) is 2.28.